The lowest BCUT2D eigenvalue weighted by Gasteiger charge is -2.54. The maximum Gasteiger partial charge on any atom is 0.174 e. The molecule has 1 spiro atoms. The molecule has 1 saturated carbocycles. The second-order valence-electron chi connectivity index (χ2n) is 6.19. The van der Waals surface area contributed by atoms with Gasteiger partial charge in [-0.1, -0.05) is 6.07 Å². The van der Waals surface area contributed by atoms with Crippen LogP contribution in [0.2, 0.25) is 0 Å². The quantitative estimate of drug-likeness (QED) is 0.748. The number of phenolic OH excluding ortho intramolecular Hbond substituents is 1. The molecule has 4 nitrogen and oxygen atoms in total. The van der Waals surface area contributed by atoms with Gasteiger partial charge in [0.1, 0.15) is 0 Å². The Labute approximate surface area is 121 Å². The molecule has 3 unspecified atom stereocenters. The zero-order valence-corrected chi connectivity index (χ0v) is 10.8. The molecule has 2 bridgehead atoms. The van der Waals surface area contributed by atoms with Crippen molar-refractivity contribution >= 4 is 5.78 Å². The number of ether oxygens (including phenoxy) is 1. The fraction of sp³-hybridized carbons (Fsp3) is 0.562. The molecule has 0 amide bonds. The fourth-order valence-electron chi connectivity index (χ4n) is 4.65. The van der Waals surface area contributed by atoms with E-state index >= 15 is 0 Å². The first-order chi connectivity index (χ1) is 10.9. The topological polar surface area (TPSA) is 58.6 Å². The maximum atomic E-state index is 12.6. The lowest BCUT2D eigenvalue weighted by molar-refractivity contribution is -0.135. The molecule has 1 saturated heterocycles. The van der Waals surface area contributed by atoms with Crippen LogP contribution in [0.5, 0.6) is 11.5 Å². The third kappa shape index (κ3) is 1.04. The number of Topliss-reactive ketones (excluding diaryl/α,β-unsaturated/α-hetero) is 1. The van der Waals surface area contributed by atoms with Gasteiger partial charge in [0.2, 0.25) is 0 Å². The molecule has 4 heteroatoms. The Hall–Kier alpha value is -1.55. The van der Waals surface area contributed by atoms with Crippen LogP contribution >= 0.6 is 0 Å². The number of hydrogen-bond donors (Lipinski definition) is 2. The summed E-state index contributed by atoms with van der Waals surface area (Å²) in [5.74, 6) is -0.0173. The number of hydrogen-bond acceptors (Lipinski definition) is 4. The number of phenols is 1. The molecule has 2 heterocycles. The monoisotopic (exact) mass is 274 g/mol. The summed E-state index contributed by atoms with van der Waals surface area (Å²) in [7, 11) is 0. The fourth-order valence-corrected chi connectivity index (χ4v) is 4.65. The Morgan fingerprint density at radius 3 is 3.30 bits per heavy atom. The molecule has 2 aliphatic heterocycles. The van der Waals surface area contributed by atoms with E-state index in [1.165, 1.54) is 0 Å². The number of rotatable bonds is 0. The number of benzene rings is 1. The van der Waals surface area contributed by atoms with E-state index in [4.69, 9.17) is 8.85 Å². The van der Waals surface area contributed by atoms with Crippen LogP contribution in [-0.4, -0.2) is 29.6 Å². The molecular weight excluding hydrogens is 254 g/mol. The molecule has 0 radical (unpaired) electrons. The average Bonchev–Trinajstić information content (AvgIpc) is 2.88. The van der Waals surface area contributed by atoms with Crippen LogP contribution in [-0.2, 0) is 16.6 Å². The second-order valence-corrected chi connectivity index (χ2v) is 6.19. The standard InChI is InChI=1S/C16H17NO3/c18-11-3-1-8-7-10-9-2-4-12(19)15-16(9,5-6-17-10)13(8)14(11)20-15/h1,3,9-10,15,17-18H,2,4-7H2/t9?,10-,15+,16?/m1/s1/i5D2,6D/t6?,9?,10-,15+,16?. The van der Waals surface area contributed by atoms with Crippen molar-refractivity contribution in [2.75, 3.05) is 6.52 Å². The van der Waals surface area contributed by atoms with Crippen molar-refractivity contribution in [2.24, 2.45) is 5.92 Å². The summed E-state index contributed by atoms with van der Waals surface area (Å²) in [4.78, 5) is 12.6. The number of carbonyl (C=O) groups excluding carboxylic acids is 1. The SMILES string of the molecule is [2H]C1N[C@@H]2Cc3ccc(O)c4c3C3(C2CCC(=O)[C@@H]3O4)C1([2H])[2H]. The van der Waals surface area contributed by atoms with Crippen molar-refractivity contribution in [1.29, 1.82) is 0 Å². The zero-order valence-electron chi connectivity index (χ0n) is 13.8. The summed E-state index contributed by atoms with van der Waals surface area (Å²) in [6.07, 6.45) is -1.26. The van der Waals surface area contributed by atoms with Gasteiger partial charge in [0.25, 0.3) is 0 Å². The molecule has 5 rings (SSSR count). The molecule has 1 aromatic carbocycles. The van der Waals surface area contributed by atoms with Gasteiger partial charge < -0.3 is 15.2 Å². The molecule has 2 fully saturated rings. The van der Waals surface area contributed by atoms with Crippen LogP contribution in [0.15, 0.2) is 12.1 Å². The minimum absolute atomic E-state index is 0.0384. The highest BCUT2D eigenvalue weighted by Crippen LogP contribution is 2.61. The summed E-state index contributed by atoms with van der Waals surface area (Å²) >= 11 is 0. The van der Waals surface area contributed by atoms with Gasteiger partial charge in [0.15, 0.2) is 23.4 Å². The van der Waals surface area contributed by atoms with Crippen LogP contribution in [0, 0.1) is 5.92 Å². The number of carbonyl (C=O) groups is 1. The Balaban J connectivity index is 1.91. The first kappa shape index (κ1) is 8.67. The number of aromatic hydroxyl groups is 1. The molecule has 20 heavy (non-hydrogen) atoms. The first-order valence-electron chi connectivity index (χ1n) is 8.69. The highest BCUT2D eigenvalue weighted by molar-refractivity contribution is 5.89. The van der Waals surface area contributed by atoms with Gasteiger partial charge in [-0.25, -0.2) is 0 Å². The molecule has 0 aromatic heterocycles. The van der Waals surface area contributed by atoms with Gasteiger partial charge in [0, 0.05) is 27.6 Å². The third-order valence-corrected chi connectivity index (χ3v) is 5.40. The summed E-state index contributed by atoms with van der Waals surface area (Å²) < 4.78 is 31.5. The Morgan fingerprint density at radius 2 is 2.40 bits per heavy atom. The Bertz CT molecular complexity index is 752. The van der Waals surface area contributed by atoms with Gasteiger partial charge in [-0.3, -0.25) is 4.79 Å². The summed E-state index contributed by atoms with van der Waals surface area (Å²) in [5.41, 5.74) is 0.395. The van der Waals surface area contributed by atoms with Crippen LogP contribution in [0.3, 0.4) is 0 Å². The van der Waals surface area contributed by atoms with Gasteiger partial charge in [-0.05, 0) is 43.3 Å². The summed E-state index contributed by atoms with van der Waals surface area (Å²) in [6.45, 7) is -1.12. The van der Waals surface area contributed by atoms with Gasteiger partial charge in [-0.2, -0.15) is 0 Å². The van der Waals surface area contributed by atoms with Crippen LogP contribution in [0.1, 0.15) is 34.5 Å². The van der Waals surface area contributed by atoms with Crippen molar-refractivity contribution in [2.45, 2.75) is 43.2 Å². The second kappa shape index (κ2) is 3.37. The minimum Gasteiger partial charge on any atom is -0.504 e. The van der Waals surface area contributed by atoms with Gasteiger partial charge in [0.05, 0.1) is 0 Å². The van der Waals surface area contributed by atoms with E-state index in [9.17, 15) is 9.90 Å². The van der Waals surface area contributed by atoms with Crippen molar-refractivity contribution in [1.82, 2.24) is 5.32 Å². The third-order valence-electron chi connectivity index (χ3n) is 5.40. The van der Waals surface area contributed by atoms with E-state index in [0.29, 0.717) is 24.8 Å². The Kier molecular flexibility index (Phi) is 1.46. The van der Waals surface area contributed by atoms with Crippen molar-refractivity contribution in [3.05, 3.63) is 23.3 Å². The lowest BCUT2D eigenvalue weighted by Crippen LogP contribution is -2.65. The van der Waals surface area contributed by atoms with E-state index in [1.807, 2.05) is 0 Å². The molecule has 2 N–H and O–H groups in total. The molecule has 104 valence electrons. The van der Waals surface area contributed by atoms with Crippen LogP contribution < -0.4 is 10.1 Å². The average molecular weight is 274 g/mol. The van der Waals surface area contributed by atoms with Crippen LogP contribution in [0.4, 0.5) is 0 Å². The van der Waals surface area contributed by atoms with E-state index in [-0.39, 0.29) is 29.2 Å². The van der Waals surface area contributed by atoms with Crippen molar-refractivity contribution in [3.63, 3.8) is 0 Å². The smallest absolute Gasteiger partial charge is 0.174 e. The number of piperidine rings is 1. The zero-order chi connectivity index (χ0) is 16.1. The van der Waals surface area contributed by atoms with Gasteiger partial charge >= 0.3 is 0 Å². The Morgan fingerprint density at radius 1 is 1.50 bits per heavy atom. The van der Waals surface area contributed by atoms with Crippen LogP contribution in [0.25, 0.3) is 0 Å². The number of ketones is 1. The minimum atomic E-state index is -1.96. The predicted octanol–water partition coefficient (Wildman–Crippen LogP) is 1.29. The largest absolute Gasteiger partial charge is 0.504 e. The normalized spacial score (nSPS) is 48.6. The van der Waals surface area contributed by atoms with Crippen molar-refractivity contribution < 1.29 is 18.8 Å². The molecule has 1 aromatic rings. The summed E-state index contributed by atoms with van der Waals surface area (Å²) in [6, 6.07) is 3.31. The predicted molar refractivity (Wildman–Crippen MR) is 72.0 cm³/mol. The van der Waals surface area contributed by atoms with E-state index in [2.05, 4.69) is 5.32 Å². The molecule has 5 atom stereocenters. The van der Waals surface area contributed by atoms with E-state index in [1.54, 1.807) is 12.1 Å². The van der Waals surface area contributed by atoms with Crippen molar-refractivity contribution in [3.8, 4) is 11.5 Å². The van der Waals surface area contributed by atoms with E-state index in [0.717, 1.165) is 5.56 Å². The van der Waals surface area contributed by atoms with Gasteiger partial charge in [-0.15, -0.1) is 0 Å². The molecule has 2 aliphatic carbocycles. The maximum absolute atomic E-state index is 12.6. The number of nitrogens with one attached hydrogen (secondary N) is 1. The highest BCUT2D eigenvalue weighted by Gasteiger charge is 2.64. The highest BCUT2D eigenvalue weighted by atomic mass is 16.5. The molecular formula is C16H17NO3. The lowest BCUT2D eigenvalue weighted by atomic mass is 9.52. The first-order valence-corrected chi connectivity index (χ1v) is 7.12. The summed E-state index contributed by atoms with van der Waals surface area (Å²) in [5, 5.41) is 13.3. The molecule has 4 aliphatic rings. The van der Waals surface area contributed by atoms with E-state index < -0.39 is 24.4 Å².